The quantitative estimate of drug-likeness (QED) is 0.844. The first kappa shape index (κ1) is 15.2. The molecule has 1 N–H and O–H groups in total. The molecule has 0 atom stereocenters. The standard InChI is InChI=1S/C11H9F5O3/c12-3-7-1-6(10(17)18)2-8(4-13)9(7)19-5-11(14,15)16/h1-2H,3-5H2,(H,17,18). The molecule has 0 spiro atoms. The molecule has 0 aliphatic carbocycles. The van der Waals surface area contributed by atoms with Crippen LogP contribution in [0, 0.1) is 0 Å². The summed E-state index contributed by atoms with van der Waals surface area (Å²) in [6.07, 6.45) is -4.66. The van der Waals surface area contributed by atoms with Crippen molar-refractivity contribution < 1.29 is 36.6 Å². The minimum Gasteiger partial charge on any atom is -0.483 e. The number of carboxylic acids is 1. The highest BCUT2D eigenvalue weighted by molar-refractivity contribution is 5.88. The van der Waals surface area contributed by atoms with E-state index in [9.17, 15) is 26.7 Å². The first-order valence-electron chi connectivity index (χ1n) is 4.99. The van der Waals surface area contributed by atoms with Gasteiger partial charge in [-0.1, -0.05) is 0 Å². The van der Waals surface area contributed by atoms with Gasteiger partial charge in [0.25, 0.3) is 0 Å². The van der Waals surface area contributed by atoms with Crippen molar-refractivity contribution >= 4 is 5.97 Å². The molecular formula is C11H9F5O3. The van der Waals surface area contributed by atoms with Gasteiger partial charge >= 0.3 is 12.1 Å². The van der Waals surface area contributed by atoms with Crippen LogP contribution in [0.4, 0.5) is 22.0 Å². The Hall–Kier alpha value is -1.86. The lowest BCUT2D eigenvalue weighted by molar-refractivity contribution is -0.153. The van der Waals surface area contributed by atoms with E-state index in [1.807, 2.05) is 0 Å². The van der Waals surface area contributed by atoms with Gasteiger partial charge in [-0.05, 0) is 12.1 Å². The van der Waals surface area contributed by atoms with Crippen LogP contribution in [0.5, 0.6) is 5.75 Å². The molecule has 19 heavy (non-hydrogen) atoms. The van der Waals surface area contributed by atoms with E-state index in [0.717, 1.165) is 12.1 Å². The molecule has 3 nitrogen and oxygen atoms in total. The van der Waals surface area contributed by atoms with E-state index >= 15 is 0 Å². The van der Waals surface area contributed by atoms with Gasteiger partial charge in [0.15, 0.2) is 6.61 Å². The van der Waals surface area contributed by atoms with Gasteiger partial charge in [-0.3, -0.25) is 0 Å². The number of ether oxygens (including phenoxy) is 1. The predicted octanol–water partition coefficient (Wildman–Crippen LogP) is 3.26. The number of aromatic carboxylic acids is 1. The van der Waals surface area contributed by atoms with Gasteiger partial charge in [-0.15, -0.1) is 0 Å². The zero-order valence-corrected chi connectivity index (χ0v) is 9.43. The maximum absolute atomic E-state index is 12.7. The Morgan fingerprint density at radius 1 is 1.16 bits per heavy atom. The molecule has 8 heteroatoms. The maximum Gasteiger partial charge on any atom is 0.422 e. The van der Waals surface area contributed by atoms with Crippen LogP contribution < -0.4 is 4.74 Å². The third-order valence-electron chi connectivity index (χ3n) is 2.16. The molecule has 0 aromatic heterocycles. The summed E-state index contributed by atoms with van der Waals surface area (Å²) in [6.45, 7) is -4.23. The Morgan fingerprint density at radius 2 is 1.63 bits per heavy atom. The molecule has 0 unspecified atom stereocenters. The first-order valence-corrected chi connectivity index (χ1v) is 4.99. The average Bonchev–Trinajstić information content (AvgIpc) is 2.33. The van der Waals surface area contributed by atoms with Crippen LogP contribution in [0.1, 0.15) is 21.5 Å². The summed E-state index contributed by atoms with van der Waals surface area (Å²) in [5, 5.41) is 8.71. The summed E-state index contributed by atoms with van der Waals surface area (Å²) in [4.78, 5) is 10.7. The van der Waals surface area contributed by atoms with Gasteiger partial charge in [0.1, 0.15) is 19.1 Å². The van der Waals surface area contributed by atoms with Gasteiger partial charge < -0.3 is 9.84 Å². The summed E-state index contributed by atoms with van der Waals surface area (Å²) in [5.41, 5.74) is -1.28. The third kappa shape index (κ3) is 4.08. The zero-order valence-electron chi connectivity index (χ0n) is 9.43. The Balaban J connectivity index is 3.17. The molecule has 0 radical (unpaired) electrons. The summed E-state index contributed by atoms with van der Waals surface area (Å²) >= 11 is 0. The number of alkyl halides is 5. The normalized spacial score (nSPS) is 11.4. The molecule has 0 aliphatic heterocycles. The fraction of sp³-hybridized carbons (Fsp3) is 0.364. The topological polar surface area (TPSA) is 46.5 Å². The van der Waals surface area contributed by atoms with Crippen LogP contribution in [-0.4, -0.2) is 23.9 Å². The Labute approximate surface area is 104 Å². The van der Waals surface area contributed by atoms with E-state index in [1.54, 1.807) is 0 Å². The number of hydrogen-bond acceptors (Lipinski definition) is 2. The molecule has 0 heterocycles. The molecule has 0 bridgehead atoms. The minimum atomic E-state index is -4.66. The highest BCUT2D eigenvalue weighted by Gasteiger charge is 2.29. The van der Waals surface area contributed by atoms with Crippen molar-refractivity contribution in [3.05, 3.63) is 28.8 Å². The Morgan fingerprint density at radius 3 is 1.95 bits per heavy atom. The lowest BCUT2D eigenvalue weighted by Gasteiger charge is -2.15. The fourth-order valence-corrected chi connectivity index (χ4v) is 1.42. The number of carbonyl (C=O) groups is 1. The second-order valence-electron chi connectivity index (χ2n) is 3.60. The third-order valence-corrected chi connectivity index (χ3v) is 2.16. The molecule has 106 valence electrons. The van der Waals surface area contributed by atoms with E-state index in [0.29, 0.717) is 0 Å². The Kier molecular flexibility index (Phi) is 4.68. The minimum absolute atomic E-state index is 0.417. The molecule has 0 aliphatic rings. The van der Waals surface area contributed by atoms with Crippen molar-refractivity contribution in [1.29, 1.82) is 0 Å². The van der Waals surface area contributed by atoms with Crippen molar-refractivity contribution in [2.45, 2.75) is 19.5 Å². The van der Waals surface area contributed by atoms with E-state index in [4.69, 9.17) is 5.11 Å². The van der Waals surface area contributed by atoms with Crippen molar-refractivity contribution in [2.75, 3.05) is 6.61 Å². The van der Waals surface area contributed by atoms with Crippen LogP contribution in [0.2, 0.25) is 0 Å². The summed E-state index contributed by atoms with van der Waals surface area (Å²) < 4.78 is 65.8. The van der Waals surface area contributed by atoms with Crippen molar-refractivity contribution in [2.24, 2.45) is 0 Å². The molecule has 1 aromatic carbocycles. The molecule has 1 rings (SSSR count). The summed E-state index contributed by atoms with van der Waals surface area (Å²) in [5.74, 6) is -2.04. The predicted molar refractivity (Wildman–Crippen MR) is 54.6 cm³/mol. The van der Waals surface area contributed by atoms with Gasteiger partial charge in [0.2, 0.25) is 0 Å². The molecule has 0 fully saturated rings. The van der Waals surface area contributed by atoms with E-state index in [1.165, 1.54) is 0 Å². The van der Waals surface area contributed by atoms with Gasteiger partial charge in [-0.25, -0.2) is 13.6 Å². The van der Waals surface area contributed by atoms with Crippen LogP contribution in [0.15, 0.2) is 12.1 Å². The van der Waals surface area contributed by atoms with E-state index < -0.39 is 54.5 Å². The SMILES string of the molecule is O=C(O)c1cc(CF)c(OCC(F)(F)F)c(CF)c1. The monoisotopic (exact) mass is 284 g/mol. The van der Waals surface area contributed by atoms with E-state index in [-0.39, 0.29) is 0 Å². The molecule has 0 saturated heterocycles. The average molecular weight is 284 g/mol. The van der Waals surface area contributed by atoms with E-state index in [2.05, 4.69) is 4.74 Å². The number of rotatable bonds is 5. The van der Waals surface area contributed by atoms with Gasteiger partial charge in [0, 0.05) is 11.1 Å². The number of benzene rings is 1. The second kappa shape index (κ2) is 5.85. The highest BCUT2D eigenvalue weighted by atomic mass is 19.4. The van der Waals surface area contributed by atoms with Crippen LogP contribution in [-0.2, 0) is 13.3 Å². The molecule has 0 saturated carbocycles. The number of halogens is 5. The second-order valence-corrected chi connectivity index (χ2v) is 3.60. The Bertz CT molecular complexity index is 445. The van der Waals surface area contributed by atoms with Crippen LogP contribution in [0.3, 0.4) is 0 Å². The summed E-state index contributed by atoms with van der Waals surface area (Å²) in [6, 6.07) is 1.63. The highest BCUT2D eigenvalue weighted by Crippen LogP contribution is 2.30. The van der Waals surface area contributed by atoms with Crippen LogP contribution >= 0.6 is 0 Å². The van der Waals surface area contributed by atoms with Gasteiger partial charge in [0.05, 0.1) is 5.56 Å². The van der Waals surface area contributed by atoms with Crippen molar-refractivity contribution in [3.8, 4) is 5.75 Å². The smallest absolute Gasteiger partial charge is 0.422 e. The number of hydrogen-bond donors (Lipinski definition) is 1. The zero-order chi connectivity index (χ0) is 14.6. The first-order chi connectivity index (χ1) is 8.78. The molecular weight excluding hydrogens is 275 g/mol. The fourth-order valence-electron chi connectivity index (χ4n) is 1.42. The molecule has 0 amide bonds. The summed E-state index contributed by atoms with van der Waals surface area (Å²) in [7, 11) is 0. The number of carboxylic acid groups (broad SMARTS) is 1. The van der Waals surface area contributed by atoms with Crippen molar-refractivity contribution in [3.63, 3.8) is 0 Å². The lowest BCUT2D eigenvalue weighted by Crippen LogP contribution is -2.20. The lowest BCUT2D eigenvalue weighted by atomic mass is 10.0. The largest absolute Gasteiger partial charge is 0.483 e. The van der Waals surface area contributed by atoms with Gasteiger partial charge in [-0.2, -0.15) is 13.2 Å². The molecule has 1 aromatic rings. The van der Waals surface area contributed by atoms with Crippen LogP contribution in [0.25, 0.3) is 0 Å². The maximum atomic E-state index is 12.7. The van der Waals surface area contributed by atoms with Crippen molar-refractivity contribution in [1.82, 2.24) is 0 Å².